The predicted molar refractivity (Wildman–Crippen MR) is 180 cm³/mol. The van der Waals surface area contributed by atoms with Gasteiger partial charge in [0.2, 0.25) is 0 Å². The first-order valence-corrected chi connectivity index (χ1v) is 16.7. The van der Waals surface area contributed by atoms with Gasteiger partial charge in [-0.25, -0.2) is 4.99 Å². The Kier molecular flexibility index (Phi) is 23.2. The van der Waals surface area contributed by atoms with Crippen molar-refractivity contribution in [2.24, 2.45) is 9.98 Å². The smallest absolute Gasteiger partial charge is 0.0816 e. The van der Waals surface area contributed by atoms with E-state index in [0.29, 0.717) is 0 Å². The van der Waals surface area contributed by atoms with E-state index < -0.39 is 0 Å². The third-order valence-electron chi connectivity index (χ3n) is 7.60. The molecule has 0 aromatic heterocycles. The van der Waals surface area contributed by atoms with Crippen molar-refractivity contribution in [1.29, 1.82) is 0 Å². The first-order valence-electron chi connectivity index (χ1n) is 16.7. The van der Waals surface area contributed by atoms with Crippen LogP contribution in [-0.2, 0) is 29.3 Å². The van der Waals surface area contributed by atoms with E-state index >= 15 is 0 Å². The minimum atomic E-state index is 0. The molecule has 0 atom stereocenters. The van der Waals surface area contributed by atoms with Crippen LogP contribution in [0.4, 0.5) is 11.4 Å². The number of hydrogen-bond donors (Lipinski definition) is 0. The molecule has 0 N–H and O–H groups in total. The van der Waals surface area contributed by atoms with Gasteiger partial charge in [-0.3, -0.25) is 4.99 Å². The number of allylic oxidation sites excluding steroid dienone is 2. The summed E-state index contributed by atoms with van der Waals surface area (Å²) in [6.45, 7) is 6.79. The van der Waals surface area contributed by atoms with Gasteiger partial charge in [-0.2, -0.15) is 0 Å². The maximum Gasteiger partial charge on any atom is 0.0816 e. The average Bonchev–Trinajstić information content (AvgIpc) is 2.97. The fraction of sp³-hybridized carbons (Fsp3) is 0.579. The van der Waals surface area contributed by atoms with Crippen LogP contribution >= 0.6 is 0 Å². The van der Waals surface area contributed by atoms with E-state index in [-0.39, 0.29) is 16.5 Å². The molecule has 0 aliphatic heterocycles. The summed E-state index contributed by atoms with van der Waals surface area (Å²) < 4.78 is 0. The summed E-state index contributed by atoms with van der Waals surface area (Å²) in [6.07, 6.45) is 31.7. The molecule has 2 aromatic carbocycles. The van der Waals surface area contributed by atoms with Crippen LogP contribution in [0.5, 0.6) is 0 Å². The second-order valence-electron chi connectivity index (χ2n) is 11.4. The molecule has 0 amide bonds. The molecule has 3 heteroatoms. The molecular formula is C38H58N2Ni. The Morgan fingerprint density at radius 2 is 1.15 bits per heavy atom. The fourth-order valence-corrected chi connectivity index (χ4v) is 5.27. The molecule has 2 aromatic rings. The topological polar surface area (TPSA) is 24.7 Å². The Labute approximate surface area is 263 Å². The molecule has 0 heterocycles. The van der Waals surface area contributed by atoms with Gasteiger partial charge < -0.3 is 0 Å². The van der Waals surface area contributed by atoms with Gasteiger partial charge in [0.15, 0.2) is 0 Å². The maximum absolute atomic E-state index is 4.87. The molecule has 0 saturated carbocycles. The molecule has 2 rings (SSSR count). The number of aryl methyl sites for hydroxylation is 2. The van der Waals surface area contributed by atoms with E-state index in [1.165, 1.54) is 107 Å². The monoisotopic (exact) mass is 600 g/mol. The summed E-state index contributed by atoms with van der Waals surface area (Å²) >= 11 is 0. The van der Waals surface area contributed by atoms with Gasteiger partial charge >= 0.3 is 0 Å². The van der Waals surface area contributed by atoms with E-state index in [1.54, 1.807) is 0 Å². The van der Waals surface area contributed by atoms with E-state index in [2.05, 4.69) is 51.1 Å². The van der Waals surface area contributed by atoms with E-state index in [9.17, 15) is 0 Å². The Hall–Kier alpha value is -1.99. The second kappa shape index (κ2) is 25.7. The van der Waals surface area contributed by atoms with Crippen LogP contribution in [0.2, 0.25) is 0 Å². The SMILES string of the molecule is CCCCCCCCCCCCCCCCC=CC(C=Nc1ccc(CCC)c(CCC)c1)=Nc1ccccc1.[Ni]. The van der Waals surface area contributed by atoms with Gasteiger partial charge in [0.25, 0.3) is 0 Å². The summed E-state index contributed by atoms with van der Waals surface area (Å²) in [6, 6.07) is 16.9. The molecule has 0 spiro atoms. The molecule has 0 fully saturated rings. The van der Waals surface area contributed by atoms with Crippen molar-refractivity contribution in [3.05, 3.63) is 71.8 Å². The van der Waals surface area contributed by atoms with Crippen molar-refractivity contribution in [1.82, 2.24) is 0 Å². The zero-order valence-electron chi connectivity index (χ0n) is 26.5. The summed E-state index contributed by atoms with van der Waals surface area (Å²) in [4.78, 5) is 9.70. The third-order valence-corrected chi connectivity index (χ3v) is 7.60. The summed E-state index contributed by atoms with van der Waals surface area (Å²) in [5.74, 6) is 0. The molecule has 230 valence electrons. The molecule has 0 radical (unpaired) electrons. The molecule has 0 saturated heterocycles. The largest absolute Gasteiger partial charge is 0.255 e. The Morgan fingerprint density at radius 3 is 1.73 bits per heavy atom. The maximum atomic E-state index is 4.87. The zero-order valence-corrected chi connectivity index (χ0v) is 27.5. The van der Waals surface area contributed by atoms with Crippen LogP contribution in [0.25, 0.3) is 0 Å². The molecule has 2 nitrogen and oxygen atoms in total. The van der Waals surface area contributed by atoms with Gasteiger partial charge in [0.05, 0.1) is 23.3 Å². The number of benzene rings is 2. The van der Waals surface area contributed by atoms with Crippen molar-refractivity contribution in [3.8, 4) is 0 Å². The van der Waals surface area contributed by atoms with Crippen LogP contribution < -0.4 is 0 Å². The van der Waals surface area contributed by atoms with Crippen LogP contribution in [0, 0.1) is 0 Å². The van der Waals surface area contributed by atoms with Gasteiger partial charge in [-0.15, -0.1) is 0 Å². The average molecular weight is 602 g/mol. The van der Waals surface area contributed by atoms with Crippen LogP contribution in [0.3, 0.4) is 0 Å². The van der Waals surface area contributed by atoms with Gasteiger partial charge in [-0.05, 0) is 67.2 Å². The van der Waals surface area contributed by atoms with Gasteiger partial charge in [0.1, 0.15) is 0 Å². The second-order valence-corrected chi connectivity index (χ2v) is 11.4. The van der Waals surface area contributed by atoms with Crippen molar-refractivity contribution < 1.29 is 16.5 Å². The quantitative estimate of drug-likeness (QED) is 0.0688. The fourth-order valence-electron chi connectivity index (χ4n) is 5.27. The Bertz CT molecular complexity index is 977. The van der Waals surface area contributed by atoms with Crippen molar-refractivity contribution in [3.63, 3.8) is 0 Å². The number of hydrogen-bond acceptors (Lipinski definition) is 2. The summed E-state index contributed by atoms with van der Waals surface area (Å²) in [7, 11) is 0. The molecule has 0 unspecified atom stereocenters. The van der Waals surface area contributed by atoms with Crippen LogP contribution in [-0.4, -0.2) is 11.9 Å². The van der Waals surface area contributed by atoms with Crippen LogP contribution in [0.15, 0.2) is 70.7 Å². The first kappa shape index (κ1) is 37.0. The number of unbranched alkanes of at least 4 members (excludes halogenated alkanes) is 14. The molecule has 0 aliphatic rings. The normalized spacial score (nSPS) is 11.9. The minimum Gasteiger partial charge on any atom is -0.255 e. The van der Waals surface area contributed by atoms with E-state index in [1.807, 2.05) is 36.5 Å². The molecular weight excluding hydrogens is 543 g/mol. The number of rotatable bonds is 23. The number of para-hydroxylation sites is 1. The zero-order chi connectivity index (χ0) is 28.5. The van der Waals surface area contributed by atoms with Crippen molar-refractivity contribution in [2.75, 3.05) is 0 Å². The number of aliphatic imine (C=N–C) groups is 2. The van der Waals surface area contributed by atoms with Crippen LogP contribution in [0.1, 0.15) is 141 Å². The van der Waals surface area contributed by atoms with Gasteiger partial charge in [0, 0.05) is 16.5 Å². The number of nitrogens with zero attached hydrogens (tertiary/aromatic N) is 2. The van der Waals surface area contributed by atoms with E-state index in [4.69, 9.17) is 9.98 Å². The van der Waals surface area contributed by atoms with Gasteiger partial charge in [-0.1, -0.05) is 147 Å². The van der Waals surface area contributed by atoms with Crippen molar-refractivity contribution >= 4 is 23.3 Å². The predicted octanol–water partition coefficient (Wildman–Crippen LogP) is 12.5. The minimum absolute atomic E-state index is 0. The Balaban J connectivity index is 0.00000840. The Morgan fingerprint density at radius 1 is 0.585 bits per heavy atom. The standard InChI is InChI=1S/C38H58N2.Ni/c1-4-7-8-9-10-11-12-13-14-15-16-17-18-19-20-22-29-38(40-36-27-23-21-24-28-36)33-39-37-31-30-34(25-5-2)35(32-37)26-6-3;/h21-24,27-33H,4-20,25-26H2,1-3H3;. The summed E-state index contributed by atoms with van der Waals surface area (Å²) in [5, 5.41) is 0. The van der Waals surface area contributed by atoms with Crippen molar-refractivity contribution in [2.45, 2.75) is 143 Å². The first-order chi connectivity index (χ1) is 19.8. The molecule has 0 bridgehead atoms. The third kappa shape index (κ3) is 18.2. The molecule has 0 aliphatic carbocycles. The molecule has 41 heavy (non-hydrogen) atoms. The van der Waals surface area contributed by atoms with E-state index in [0.717, 1.165) is 42.8 Å². The summed E-state index contributed by atoms with van der Waals surface area (Å²) in [5.41, 5.74) is 5.80.